The van der Waals surface area contributed by atoms with Crippen LogP contribution in [0.1, 0.15) is 15.9 Å². The fraction of sp³-hybridized carbons (Fsp3) is 0.136. The maximum absolute atomic E-state index is 12.6. The smallest absolute Gasteiger partial charge is 0.262 e. The first-order chi connectivity index (χ1) is 14.0. The van der Waals surface area contributed by atoms with Crippen molar-refractivity contribution in [2.45, 2.75) is 11.3 Å². The van der Waals surface area contributed by atoms with E-state index in [4.69, 9.17) is 4.74 Å². The van der Waals surface area contributed by atoms with Crippen molar-refractivity contribution >= 4 is 21.6 Å². The second-order valence-corrected chi connectivity index (χ2v) is 8.00. The number of anilines is 1. The summed E-state index contributed by atoms with van der Waals surface area (Å²) in [5.41, 5.74) is 1.88. The molecule has 0 aliphatic heterocycles. The van der Waals surface area contributed by atoms with Crippen LogP contribution in [0.4, 0.5) is 5.69 Å². The van der Waals surface area contributed by atoms with Crippen LogP contribution in [-0.2, 0) is 16.4 Å². The highest BCUT2D eigenvalue weighted by molar-refractivity contribution is 7.92. The topological polar surface area (TPSA) is 84.5 Å². The summed E-state index contributed by atoms with van der Waals surface area (Å²) >= 11 is 0. The summed E-state index contributed by atoms with van der Waals surface area (Å²) in [6.07, 6.45) is 0.724. The molecule has 0 spiro atoms. The minimum absolute atomic E-state index is 0.0595. The molecule has 0 unspecified atom stereocenters. The summed E-state index contributed by atoms with van der Waals surface area (Å²) in [5, 5.41) is 2.84. The number of para-hydroxylation sites is 2. The van der Waals surface area contributed by atoms with E-state index in [1.807, 2.05) is 30.3 Å². The Kier molecular flexibility index (Phi) is 6.51. The van der Waals surface area contributed by atoms with Crippen molar-refractivity contribution < 1.29 is 17.9 Å². The number of hydrogen-bond donors (Lipinski definition) is 2. The molecule has 2 N–H and O–H groups in total. The highest BCUT2D eigenvalue weighted by Crippen LogP contribution is 2.26. The van der Waals surface area contributed by atoms with Crippen LogP contribution in [0, 0.1) is 0 Å². The minimum atomic E-state index is -3.80. The maximum Gasteiger partial charge on any atom is 0.262 e. The number of ether oxygens (including phenoxy) is 1. The zero-order valence-electron chi connectivity index (χ0n) is 16.0. The van der Waals surface area contributed by atoms with E-state index in [2.05, 4.69) is 10.0 Å². The van der Waals surface area contributed by atoms with Gasteiger partial charge in [0.2, 0.25) is 0 Å². The lowest BCUT2D eigenvalue weighted by atomic mass is 10.1. The Labute approximate surface area is 170 Å². The predicted molar refractivity (Wildman–Crippen MR) is 113 cm³/mol. The van der Waals surface area contributed by atoms with Crippen LogP contribution >= 0.6 is 0 Å². The monoisotopic (exact) mass is 410 g/mol. The summed E-state index contributed by atoms with van der Waals surface area (Å²) in [4.78, 5) is 12.3. The number of benzene rings is 3. The molecule has 3 aromatic rings. The molecule has 0 aliphatic rings. The first kappa shape index (κ1) is 20.4. The quantitative estimate of drug-likeness (QED) is 0.596. The van der Waals surface area contributed by atoms with Crippen LogP contribution in [0.15, 0.2) is 83.8 Å². The van der Waals surface area contributed by atoms with Crippen LogP contribution in [0.3, 0.4) is 0 Å². The Balaban J connectivity index is 1.63. The van der Waals surface area contributed by atoms with Gasteiger partial charge in [0.05, 0.1) is 17.7 Å². The Bertz CT molecular complexity index is 1070. The van der Waals surface area contributed by atoms with Gasteiger partial charge in [-0.1, -0.05) is 42.5 Å². The van der Waals surface area contributed by atoms with E-state index >= 15 is 0 Å². The molecule has 0 saturated carbocycles. The third kappa shape index (κ3) is 5.36. The average molecular weight is 410 g/mol. The summed E-state index contributed by atoms with van der Waals surface area (Å²) in [7, 11) is -2.33. The Hall–Kier alpha value is -3.32. The number of amides is 1. The van der Waals surface area contributed by atoms with Gasteiger partial charge in [0.25, 0.3) is 15.9 Å². The fourth-order valence-corrected chi connectivity index (χ4v) is 3.86. The molecule has 0 bridgehead atoms. The Morgan fingerprint density at radius 2 is 1.55 bits per heavy atom. The van der Waals surface area contributed by atoms with Crippen molar-refractivity contribution in [3.8, 4) is 5.75 Å². The number of methoxy groups -OCH3 is 1. The number of hydrogen-bond acceptors (Lipinski definition) is 4. The van der Waals surface area contributed by atoms with E-state index in [1.165, 1.54) is 31.4 Å². The number of rotatable bonds is 8. The van der Waals surface area contributed by atoms with Crippen LogP contribution < -0.4 is 14.8 Å². The van der Waals surface area contributed by atoms with E-state index < -0.39 is 10.0 Å². The summed E-state index contributed by atoms with van der Waals surface area (Å²) < 4.78 is 32.9. The standard InChI is InChI=1S/C22H22N2O4S/c1-28-21-10-6-5-9-20(21)24-29(26,27)19-13-11-18(12-14-19)22(25)23-16-15-17-7-3-2-4-8-17/h2-14,24H,15-16H2,1H3,(H,23,25). The van der Waals surface area contributed by atoms with E-state index in [0.29, 0.717) is 23.5 Å². The normalized spacial score (nSPS) is 10.9. The van der Waals surface area contributed by atoms with Crippen LogP contribution in [0.25, 0.3) is 0 Å². The van der Waals surface area contributed by atoms with Crippen molar-refractivity contribution in [1.82, 2.24) is 5.32 Å². The summed E-state index contributed by atoms with van der Waals surface area (Å²) in [6, 6.07) is 22.4. The van der Waals surface area contributed by atoms with E-state index in [-0.39, 0.29) is 10.8 Å². The average Bonchev–Trinajstić information content (AvgIpc) is 2.74. The van der Waals surface area contributed by atoms with Gasteiger partial charge in [-0.05, 0) is 48.4 Å². The van der Waals surface area contributed by atoms with Gasteiger partial charge in [0.1, 0.15) is 5.75 Å². The second-order valence-electron chi connectivity index (χ2n) is 6.32. The number of carbonyl (C=O) groups excluding carboxylic acids is 1. The molecule has 7 heteroatoms. The van der Waals surface area contributed by atoms with Gasteiger partial charge in [-0.2, -0.15) is 0 Å². The largest absolute Gasteiger partial charge is 0.495 e. The van der Waals surface area contributed by atoms with Crippen molar-refractivity contribution in [3.63, 3.8) is 0 Å². The zero-order chi connectivity index (χ0) is 20.7. The van der Waals surface area contributed by atoms with Crippen molar-refractivity contribution in [2.75, 3.05) is 18.4 Å². The molecule has 29 heavy (non-hydrogen) atoms. The molecule has 3 rings (SSSR count). The Morgan fingerprint density at radius 1 is 0.897 bits per heavy atom. The van der Waals surface area contributed by atoms with Gasteiger partial charge in [-0.15, -0.1) is 0 Å². The SMILES string of the molecule is COc1ccccc1NS(=O)(=O)c1ccc(C(=O)NCCc2ccccc2)cc1. The van der Waals surface area contributed by atoms with Gasteiger partial charge >= 0.3 is 0 Å². The van der Waals surface area contributed by atoms with Crippen LogP contribution in [-0.4, -0.2) is 28.0 Å². The van der Waals surface area contributed by atoms with Crippen molar-refractivity contribution in [1.29, 1.82) is 0 Å². The van der Waals surface area contributed by atoms with Crippen LogP contribution in [0.5, 0.6) is 5.75 Å². The van der Waals surface area contributed by atoms with E-state index in [1.54, 1.807) is 24.3 Å². The Morgan fingerprint density at radius 3 is 2.24 bits per heavy atom. The molecule has 0 aliphatic carbocycles. The molecular weight excluding hydrogens is 388 g/mol. The summed E-state index contributed by atoms with van der Waals surface area (Å²) in [5.74, 6) is 0.174. The first-order valence-corrected chi connectivity index (χ1v) is 10.6. The zero-order valence-corrected chi connectivity index (χ0v) is 16.8. The molecule has 0 radical (unpaired) electrons. The molecule has 150 valence electrons. The molecule has 0 heterocycles. The number of sulfonamides is 1. The lowest BCUT2D eigenvalue weighted by Gasteiger charge is -2.12. The summed E-state index contributed by atoms with van der Waals surface area (Å²) in [6.45, 7) is 0.498. The molecule has 3 aromatic carbocycles. The third-order valence-corrected chi connectivity index (χ3v) is 5.70. The molecule has 1 amide bonds. The molecule has 0 atom stereocenters. The third-order valence-electron chi connectivity index (χ3n) is 4.32. The molecule has 0 aromatic heterocycles. The van der Waals surface area contributed by atoms with Gasteiger partial charge < -0.3 is 10.1 Å². The number of nitrogens with one attached hydrogen (secondary N) is 2. The van der Waals surface area contributed by atoms with Gasteiger partial charge in [0, 0.05) is 12.1 Å². The lowest BCUT2D eigenvalue weighted by Crippen LogP contribution is -2.25. The van der Waals surface area contributed by atoms with Gasteiger partial charge in [-0.3, -0.25) is 9.52 Å². The highest BCUT2D eigenvalue weighted by Gasteiger charge is 2.17. The van der Waals surface area contributed by atoms with Gasteiger partial charge in [0.15, 0.2) is 0 Å². The lowest BCUT2D eigenvalue weighted by molar-refractivity contribution is 0.0954. The molecular formula is C22H22N2O4S. The first-order valence-electron chi connectivity index (χ1n) is 9.07. The van der Waals surface area contributed by atoms with Crippen molar-refractivity contribution in [3.05, 3.63) is 90.0 Å². The highest BCUT2D eigenvalue weighted by atomic mass is 32.2. The number of carbonyl (C=O) groups is 1. The minimum Gasteiger partial charge on any atom is -0.495 e. The molecule has 0 fully saturated rings. The van der Waals surface area contributed by atoms with E-state index in [0.717, 1.165) is 12.0 Å². The fourth-order valence-electron chi connectivity index (χ4n) is 2.79. The van der Waals surface area contributed by atoms with Gasteiger partial charge in [-0.25, -0.2) is 8.42 Å². The van der Waals surface area contributed by atoms with Crippen molar-refractivity contribution in [2.24, 2.45) is 0 Å². The second kappa shape index (κ2) is 9.25. The maximum atomic E-state index is 12.6. The predicted octanol–water partition coefficient (Wildman–Crippen LogP) is 3.47. The molecule has 0 saturated heterocycles. The molecule has 6 nitrogen and oxygen atoms in total. The van der Waals surface area contributed by atoms with E-state index in [9.17, 15) is 13.2 Å². The van der Waals surface area contributed by atoms with Crippen LogP contribution in [0.2, 0.25) is 0 Å².